The molecule has 1 atom stereocenters. The maximum absolute atomic E-state index is 12.0. The smallest absolute Gasteiger partial charge is 0.220 e. The van der Waals surface area contributed by atoms with Gasteiger partial charge in [0.25, 0.3) is 0 Å². The number of benzene rings is 1. The van der Waals surface area contributed by atoms with Gasteiger partial charge in [0.05, 0.1) is 19.8 Å². The molecule has 2 N–H and O–H groups in total. The molecule has 0 spiro atoms. The van der Waals surface area contributed by atoms with Crippen molar-refractivity contribution in [2.45, 2.75) is 46.1 Å². The van der Waals surface area contributed by atoms with Crippen LogP contribution in [0, 0.1) is 5.41 Å². The maximum Gasteiger partial charge on any atom is 0.220 e. The van der Waals surface area contributed by atoms with Crippen LogP contribution >= 0.6 is 0 Å². The first-order valence-electron chi connectivity index (χ1n) is 7.37. The second-order valence-electron chi connectivity index (χ2n) is 6.56. The number of hydrogen-bond donors (Lipinski definition) is 2. The number of carbonyl (C=O) groups is 1. The maximum atomic E-state index is 12.0. The molecule has 0 aliphatic rings. The van der Waals surface area contributed by atoms with Crippen molar-refractivity contribution in [1.29, 1.82) is 0 Å². The van der Waals surface area contributed by atoms with Crippen molar-refractivity contribution in [3.05, 3.63) is 29.8 Å². The van der Waals surface area contributed by atoms with Crippen molar-refractivity contribution in [3.8, 4) is 5.75 Å². The summed E-state index contributed by atoms with van der Waals surface area (Å²) in [6, 6.07) is 7.54. The Morgan fingerprint density at radius 3 is 2.67 bits per heavy atom. The highest BCUT2D eigenvalue weighted by Crippen LogP contribution is 2.20. The summed E-state index contributed by atoms with van der Waals surface area (Å²) in [6.45, 7) is 6.26. The van der Waals surface area contributed by atoms with E-state index in [4.69, 9.17) is 4.74 Å². The second-order valence-corrected chi connectivity index (χ2v) is 6.56. The van der Waals surface area contributed by atoms with Gasteiger partial charge >= 0.3 is 0 Å². The van der Waals surface area contributed by atoms with E-state index < -0.39 is 0 Å². The van der Waals surface area contributed by atoms with Crippen molar-refractivity contribution in [1.82, 2.24) is 5.32 Å². The van der Waals surface area contributed by atoms with Crippen LogP contribution in [0.4, 0.5) is 0 Å². The number of hydrogen-bond acceptors (Lipinski definition) is 3. The van der Waals surface area contributed by atoms with Gasteiger partial charge in [-0.05, 0) is 36.0 Å². The molecule has 0 saturated heterocycles. The third kappa shape index (κ3) is 7.14. The van der Waals surface area contributed by atoms with Crippen molar-refractivity contribution in [3.63, 3.8) is 0 Å². The molecule has 0 heterocycles. The Morgan fingerprint density at radius 2 is 2.10 bits per heavy atom. The Hall–Kier alpha value is -1.55. The van der Waals surface area contributed by atoms with E-state index in [2.05, 4.69) is 26.1 Å². The summed E-state index contributed by atoms with van der Waals surface area (Å²) in [7, 11) is 1.63. The van der Waals surface area contributed by atoms with Gasteiger partial charge in [0, 0.05) is 6.42 Å². The quantitative estimate of drug-likeness (QED) is 0.812. The largest absolute Gasteiger partial charge is 0.497 e. The minimum absolute atomic E-state index is 0.0256. The molecule has 4 heteroatoms. The van der Waals surface area contributed by atoms with Crippen molar-refractivity contribution in [2.24, 2.45) is 5.41 Å². The SMILES string of the molecule is COc1cccc(CCC(=O)NC(CO)CC(C)(C)C)c1. The molecule has 0 radical (unpaired) electrons. The molecule has 1 aromatic rings. The topological polar surface area (TPSA) is 58.6 Å². The van der Waals surface area contributed by atoms with Crippen LogP contribution in [0.1, 0.15) is 39.2 Å². The average Bonchev–Trinajstić information content (AvgIpc) is 2.43. The van der Waals surface area contributed by atoms with Crippen LogP contribution in [0.15, 0.2) is 24.3 Å². The third-order valence-corrected chi connectivity index (χ3v) is 3.22. The molecule has 1 amide bonds. The number of amides is 1. The lowest BCUT2D eigenvalue weighted by atomic mass is 9.88. The standard InChI is InChI=1S/C17H27NO3/c1-17(2,3)11-14(12-19)18-16(20)9-8-13-6-5-7-15(10-13)21-4/h5-7,10,14,19H,8-9,11-12H2,1-4H3,(H,18,20). The molecule has 0 aliphatic heterocycles. The van der Waals surface area contributed by atoms with Gasteiger partial charge < -0.3 is 15.2 Å². The van der Waals surface area contributed by atoms with Gasteiger partial charge in [-0.3, -0.25) is 4.79 Å². The average molecular weight is 293 g/mol. The van der Waals surface area contributed by atoms with Crippen molar-refractivity contribution >= 4 is 5.91 Å². The summed E-state index contributed by atoms with van der Waals surface area (Å²) < 4.78 is 5.16. The number of aliphatic hydroxyl groups excluding tert-OH is 1. The van der Waals surface area contributed by atoms with E-state index in [1.54, 1.807) is 7.11 Å². The van der Waals surface area contributed by atoms with E-state index in [0.717, 1.165) is 17.7 Å². The molecule has 4 nitrogen and oxygen atoms in total. The molecule has 0 bridgehead atoms. The van der Waals surface area contributed by atoms with Gasteiger partial charge in [0.2, 0.25) is 5.91 Å². The first-order chi connectivity index (χ1) is 9.84. The van der Waals surface area contributed by atoms with E-state index in [1.807, 2.05) is 24.3 Å². The van der Waals surface area contributed by atoms with E-state index in [-0.39, 0.29) is 24.0 Å². The van der Waals surface area contributed by atoms with Crippen molar-refractivity contribution < 1.29 is 14.6 Å². The molecule has 0 fully saturated rings. The van der Waals surface area contributed by atoms with Crippen LogP contribution < -0.4 is 10.1 Å². The summed E-state index contributed by atoms with van der Waals surface area (Å²) in [5.41, 5.74) is 1.15. The number of methoxy groups -OCH3 is 1. The van der Waals surface area contributed by atoms with Crippen LogP contribution in [-0.4, -0.2) is 30.8 Å². The Bertz CT molecular complexity index is 452. The van der Waals surface area contributed by atoms with E-state index in [1.165, 1.54) is 0 Å². The number of ether oxygens (including phenoxy) is 1. The molecule has 1 unspecified atom stereocenters. The number of rotatable bonds is 7. The molecule has 1 aromatic carbocycles. The minimum atomic E-state index is -0.178. The number of nitrogens with one attached hydrogen (secondary N) is 1. The molecule has 0 aromatic heterocycles. The third-order valence-electron chi connectivity index (χ3n) is 3.22. The van der Waals surface area contributed by atoms with Crippen LogP contribution in [0.25, 0.3) is 0 Å². The van der Waals surface area contributed by atoms with Gasteiger partial charge in [-0.1, -0.05) is 32.9 Å². The van der Waals surface area contributed by atoms with E-state index in [0.29, 0.717) is 12.8 Å². The zero-order valence-electron chi connectivity index (χ0n) is 13.5. The van der Waals surface area contributed by atoms with Crippen LogP contribution in [0.2, 0.25) is 0 Å². The first kappa shape index (κ1) is 17.5. The number of aryl methyl sites for hydroxylation is 1. The lowest BCUT2D eigenvalue weighted by Crippen LogP contribution is -2.40. The number of aliphatic hydroxyl groups is 1. The fraction of sp³-hybridized carbons (Fsp3) is 0.588. The van der Waals surface area contributed by atoms with Crippen LogP contribution in [-0.2, 0) is 11.2 Å². The molecule has 0 aliphatic carbocycles. The molecule has 0 saturated carbocycles. The zero-order valence-corrected chi connectivity index (χ0v) is 13.5. The summed E-state index contributed by atoms with van der Waals surface area (Å²) in [4.78, 5) is 12.0. The normalized spacial score (nSPS) is 12.8. The lowest BCUT2D eigenvalue weighted by molar-refractivity contribution is -0.122. The second kappa shape index (κ2) is 8.03. The molecular weight excluding hydrogens is 266 g/mol. The Labute approximate surface area is 127 Å². The highest BCUT2D eigenvalue weighted by molar-refractivity contribution is 5.76. The van der Waals surface area contributed by atoms with Gasteiger partial charge in [0.15, 0.2) is 0 Å². The molecule has 118 valence electrons. The Balaban J connectivity index is 2.45. The summed E-state index contributed by atoms with van der Waals surface area (Å²) in [5.74, 6) is 0.773. The Morgan fingerprint density at radius 1 is 1.38 bits per heavy atom. The molecule has 1 rings (SSSR count). The van der Waals surface area contributed by atoms with Gasteiger partial charge in [-0.2, -0.15) is 0 Å². The monoisotopic (exact) mass is 293 g/mol. The van der Waals surface area contributed by atoms with Gasteiger partial charge in [-0.25, -0.2) is 0 Å². The number of carbonyl (C=O) groups excluding carboxylic acids is 1. The van der Waals surface area contributed by atoms with Crippen molar-refractivity contribution in [2.75, 3.05) is 13.7 Å². The zero-order chi connectivity index (χ0) is 15.9. The fourth-order valence-corrected chi connectivity index (χ4v) is 2.29. The minimum Gasteiger partial charge on any atom is -0.497 e. The molecule has 21 heavy (non-hydrogen) atoms. The van der Waals surface area contributed by atoms with Gasteiger partial charge in [0.1, 0.15) is 5.75 Å². The lowest BCUT2D eigenvalue weighted by Gasteiger charge is -2.25. The van der Waals surface area contributed by atoms with E-state index >= 15 is 0 Å². The van der Waals surface area contributed by atoms with Crippen LogP contribution in [0.5, 0.6) is 5.75 Å². The highest BCUT2D eigenvalue weighted by atomic mass is 16.5. The van der Waals surface area contributed by atoms with E-state index in [9.17, 15) is 9.90 Å². The summed E-state index contributed by atoms with van der Waals surface area (Å²) >= 11 is 0. The fourth-order valence-electron chi connectivity index (χ4n) is 2.29. The molecular formula is C17H27NO3. The summed E-state index contributed by atoms with van der Waals surface area (Å²) in [5, 5.41) is 12.3. The first-order valence-corrected chi connectivity index (χ1v) is 7.37. The predicted molar refractivity (Wildman–Crippen MR) is 84.4 cm³/mol. The predicted octanol–water partition coefficient (Wildman–Crippen LogP) is 2.54. The Kier molecular flexibility index (Phi) is 6.69. The van der Waals surface area contributed by atoms with Gasteiger partial charge in [-0.15, -0.1) is 0 Å². The van der Waals surface area contributed by atoms with Crippen LogP contribution in [0.3, 0.4) is 0 Å². The highest BCUT2D eigenvalue weighted by Gasteiger charge is 2.19. The summed E-state index contributed by atoms with van der Waals surface area (Å²) in [6.07, 6.45) is 1.83.